The molecule has 22 heavy (non-hydrogen) atoms. The molecule has 0 aliphatic heterocycles. The van der Waals surface area contributed by atoms with Gasteiger partial charge in [0.1, 0.15) is 6.04 Å². The van der Waals surface area contributed by atoms with Gasteiger partial charge < -0.3 is 10.6 Å². The maximum atomic E-state index is 12.0. The largest absolute Gasteiger partial charge is 0.353 e. The average molecular weight is 343 g/mol. The lowest BCUT2D eigenvalue weighted by Crippen LogP contribution is -2.49. The summed E-state index contributed by atoms with van der Waals surface area (Å²) < 4.78 is 0. The molecule has 1 aromatic rings. The molecule has 0 saturated carbocycles. The van der Waals surface area contributed by atoms with E-state index in [4.69, 9.17) is 11.6 Å². The van der Waals surface area contributed by atoms with Crippen LogP contribution in [0, 0.1) is 5.92 Å². The third-order valence-electron chi connectivity index (χ3n) is 3.04. The lowest BCUT2D eigenvalue weighted by molar-refractivity contribution is -0.129. The summed E-state index contributed by atoms with van der Waals surface area (Å²) in [7, 11) is 0. The number of hydrogen-bond acceptors (Lipinski definition) is 3. The molecule has 0 bridgehead atoms. The van der Waals surface area contributed by atoms with Crippen LogP contribution in [-0.2, 0) is 15.3 Å². The van der Waals surface area contributed by atoms with Crippen molar-refractivity contribution in [2.24, 2.45) is 5.92 Å². The van der Waals surface area contributed by atoms with E-state index in [2.05, 4.69) is 10.6 Å². The van der Waals surface area contributed by atoms with E-state index in [1.54, 1.807) is 11.8 Å². The molecule has 0 aromatic heterocycles. The van der Waals surface area contributed by atoms with E-state index in [1.807, 2.05) is 38.1 Å². The highest BCUT2D eigenvalue weighted by Gasteiger charge is 2.22. The van der Waals surface area contributed by atoms with Gasteiger partial charge in [0.15, 0.2) is 0 Å². The van der Waals surface area contributed by atoms with Gasteiger partial charge in [-0.1, -0.05) is 37.6 Å². The lowest BCUT2D eigenvalue weighted by Gasteiger charge is -2.20. The van der Waals surface area contributed by atoms with Gasteiger partial charge in [0, 0.05) is 30.0 Å². The molecule has 4 nitrogen and oxygen atoms in total. The first-order chi connectivity index (χ1) is 10.4. The monoisotopic (exact) mass is 342 g/mol. The van der Waals surface area contributed by atoms with Crippen LogP contribution in [0.25, 0.3) is 0 Å². The fraction of sp³-hybridized carbons (Fsp3) is 0.500. The van der Waals surface area contributed by atoms with Crippen LogP contribution in [0.1, 0.15) is 26.3 Å². The Morgan fingerprint density at radius 3 is 2.41 bits per heavy atom. The smallest absolute Gasteiger partial charge is 0.242 e. The summed E-state index contributed by atoms with van der Waals surface area (Å²) in [5, 5.41) is 6.28. The molecule has 0 unspecified atom stereocenters. The van der Waals surface area contributed by atoms with E-state index in [9.17, 15) is 9.59 Å². The number of hydrogen-bond donors (Lipinski definition) is 2. The Morgan fingerprint density at radius 2 is 1.86 bits per heavy atom. The molecule has 0 saturated heterocycles. The molecule has 0 spiro atoms. The van der Waals surface area contributed by atoms with E-state index in [0.717, 1.165) is 16.5 Å². The molecule has 0 heterocycles. The third kappa shape index (κ3) is 7.18. The molecule has 1 aromatic carbocycles. The number of thioether (sulfide) groups is 1. The molecule has 122 valence electrons. The van der Waals surface area contributed by atoms with Gasteiger partial charge in [0.25, 0.3) is 0 Å². The van der Waals surface area contributed by atoms with Gasteiger partial charge >= 0.3 is 0 Å². The Balaban J connectivity index is 2.26. The Bertz CT molecular complexity index is 491. The fourth-order valence-electron chi connectivity index (χ4n) is 1.88. The fourth-order valence-corrected chi connectivity index (χ4v) is 2.83. The minimum atomic E-state index is -0.473. The van der Waals surface area contributed by atoms with Gasteiger partial charge in [0.05, 0.1) is 0 Å². The molecule has 2 N–H and O–H groups in total. The summed E-state index contributed by atoms with van der Waals surface area (Å²) in [6, 6.07) is 7.28. The zero-order chi connectivity index (χ0) is 16.5. The third-order valence-corrected chi connectivity index (χ3v) is 4.32. The van der Waals surface area contributed by atoms with E-state index in [1.165, 1.54) is 12.5 Å². The van der Waals surface area contributed by atoms with Crippen LogP contribution >= 0.6 is 23.4 Å². The van der Waals surface area contributed by atoms with Gasteiger partial charge in [-0.2, -0.15) is 11.8 Å². The molecular weight excluding hydrogens is 320 g/mol. The number of carbonyl (C=O) groups excluding carboxylic acids is 2. The minimum absolute atomic E-state index is 0.0608. The Morgan fingerprint density at radius 1 is 1.23 bits per heavy atom. The van der Waals surface area contributed by atoms with Crippen LogP contribution in [0.15, 0.2) is 24.3 Å². The summed E-state index contributed by atoms with van der Waals surface area (Å²) >= 11 is 7.58. The molecule has 0 aliphatic carbocycles. The second kappa shape index (κ2) is 9.74. The first-order valence-electron chi connectivity index (χ1n) is 7.27. The van der Waals surface area contributed by atoms with Crippen LogP contribution in [0.5, 0.6) is 0 Å². The van der Waals surface area contributed by atoms with Crippen molar-refractivity contribution in [2.45, 2.75) is 32.6 Å². The van der Waals surface area contributed by atoms with Crippen molar-refractivity contribution in [1.29, 1.82) is 0 Å². The summed E-state index contributed by atoms with van der Waals surface area (Å²) in [6.45, 7) is 5.83. The highest BCUT2D eigenvalue weighted by molar-refractivity contribution is 7.98. The normalized spacial score (nSPS) is 12.0. The number of carbonyl (C=O) groups is 2. The van der Waals surface area contributed by atoms with Crippen molar-refractivity contribution in [2.75, 3.05) is 12.3 Å². The Labute approximate surface area is 141 Å². The summed E-state index contributed by atoms with van der Waals surface area (Å²) in [6.07, 6.45) is 0. The Kier molecular flexibility index (Phi) is 8.35. The maximum absolute atomic E-state index is 12.0. The zero-order valence-corrected chi connectivity index (χ0v) is 14.8. The number of benzene rings is 1. The van der Waals surface area contributed by atoms with E-state index in [-0.39, 0.29) is 17.7 Å². The van der Waals surface area contributed by atoms with Gasteiger partial charge in [-0.05, 0) is 23.6 Å². The molecule has 1 atom stereocenters. The van der Waals surface area contributed by atoms with E-state index >= 15 is 0 Å². The molecule has 0 fully saturated rings. The second-order valence-corrected chi connectivity index (χ2v) is 6.93. The Hall–Kier alpha value is -1.20. The topological polar surface area (TPSA) is 58.2 Å². The molecule has 0 radical (unpaired) electrons. The number of nitrogens with one attached hydrogen (secondary N) is 2. The minimum Gasteiger partial charge on any atom is -0.353 e. The van der Waals surface area contributed by atoms with Crippen molar-refractivity contribution in [3.8, 4) is 0 Å². The van der Waals surface area contributed by atoms with Gasteiger partial charge in [0.2, 0.25) is 11.8 Å². The first kappa shape index (κ1) is 18.8. The second-order valence-electron chi connectivity index (χ2n) is 5.39. The summed E-state index contributed by atoms with van der Waals surface area (Å²) in [5.74, 6) is 1.44. The van der Waals surface area contributed by atoms with Crippen molar-refractivity contribution in [3.05, 3.63) is 34.9 Å². The van der Waals surface area contributed by atoms with E-state index in [0.29, 0.717) is 6.54 Å². The molecule has 0 aliphatic rings. The van der Waals surface area contributed by atoms with E-state index < -0.39 is 6.04 Å². The molecular formula is C16H23ClN2O2S. The van der Waals surface area contributed by atoms with Crippen molar-refractivity contribution < 1.29 is 9.59 Å². The van der Waals surface area contributed by atoms with Crippen LogP contribution in [0.3, 0.4) is 0 Å². The predicted molar refractivity (Wildman–Crippen MR) is 93.1 cm³/mol. The molecule has 2 amide bonds. The lowest BCUT2D eigenvalue weighted by atomic mass is 10.0. The number of halogens is 1. The predicted octanol–water partition coefficient (Wildman–Crippen LogP) is 2.85. The average Bonchev–Trinajstić information content (AvgIpc) is 2.45. The van der Waals surface area contributed by atoms with Crippen molar-refractivity contribution in [3.63, 3.8) is 0 Å². The summed E-state index contributed by atoms with van der Waals surface area (Å²) in [4.78, 5) is 23.2. The van der Waals surface area contributed by atoms with Crippen LogP contribution < -0.4 is 10.6 Å². The van der Waals surface area contributed by atoms with Crippen LogP contribution in [0.2, 0.25) is 5.02 Å². The number of rotatable bonds is 8. The standard InChI is InChI=1S/C16H23ClN2O2S/c1-11(2)15(19-12(3)20)16(21)18-8-9-22-10-13-4-6-14(17)7-5-13/h4-7,11,15H,8-10H2,1-3H3,(H,18,21)(H,19,20)/t15-/m0/s1. The van der Waals surface area contributed by atoms with Crippen LogP contribution in [-0.4, -0.2) is 30.2 Å². The summed E-state index contributed by atoms with van der Waals surface area (Å²) in [5.41, 5.74) is 1.21. The maximum Gasteiger partial charge on any atom is 0.242 e. The SMILES string of the molecule is CC(=O)N[C@H](C(=O)NCCSCc1ccc(Cl)cc1)C(C)C. The van der Waals surface area contributed by atoms with Crippen molar-refractivity contribution in [1.82, 2.24) is 10.6 Å². The van der Waals surface area contributed by atoms with Gasteiger partial charge in [-0.25, -0.2) is 0 Å². The molecule has 6 heteroatoms. The highest BCUT2D eigenvalue weighted by atomic mass is 35.5. The van der Waals surface area contributed by atoms with Gasteiger partial charge in [-0.15, -0.1) is 0 Å². The quantitative estimate of drug-likeness (QED) is 0.714. The molecule has 1 rings (SSSR count). The van der Waals surface area contributed by atoms with Crippen molar-refractivity contribution >= 4 is 35.2 Å². The number of amides is 2. The van der Waals surface area contributed by atoms with Crippen LogP contribution in [0.4, 0.5) is 0 Å². The zero-order valence-electron chi connectivity index (χ0n) is 13.2. The van der Waals surface area contributed by atoms with Gasteiger partial charge in [-0.3, -0.25) is 9.59 Å². The highest BCUT2D eigenvalue weighted by Crippen LogP contribution is 2.15. The first-order valence-corrected chi connectivity index (χ1v) is 8.80.